The first-order valence-corrected chi connectivity index (χ1v) is 10.9. The third-order valence-corrected chi connectivity index (χ3v) is 5.87. The van der Waals surface area contributed by atoms with Crippen LogP contribution in [0.1, 0.15) is 0 Å². The van der Waals surface area contributed by atoms with Crippen LogP contribution >= 0.6 is 0 Å². The van der Waals surface area contributed by atoms with Crippen molar-refractivity contribution >= 4 is 34.1 Å². The molecule has 5 rings (SSSR count). The second-order valence-electron chi connectivity index (χ2n) is 8.22. The topological polar surface area (TPSA) is 18.5 Å². The zero-order valence-corrected chi connectivity index (χ0v) is 19.2. The van der Waals surface area contributed by atoms with Crippen molar-refractivity contribution < 1.29 is 57.6 Å². The number of halogens is 11. The Hall–Kier alpha value is -4.49. The molecule has 0 N–H and O–H groups in total. The molecule has 0 spiro atoms. The normalized spacial score (nSPS) is 11.4. The highest BCUT2D eigenvalue weighted by Crippen LogP contribution is 2.38. The van der Waals surface area contributed by atoms with Gasteiger partial charge in [-0.05, 0) is 24.3 Å². The minimum atomic E-state index is -2.55. The minimum absolute atomic E-state index is 0.253. The first-order valence-electron chi connectivity index (χ1n) is 10.9. The Kier molecular flexibility index (Phi) is 6.72. The zero-order valence-electron chi connectivity index (χ0n) is 19.2. The lowest BCUT2D eigenvalue weighted by Gasteiger charge is -2.21. The molecule has 14 heteroatoms. The van der Waals surface area contributed by atoms with Crippen LogP contribution in [-0.4, -0.2) is 7.12 Å². The van der Waals surface area contributed by atoms with Crippen molar-refractivity contribution in [3.05, 3.63) is 113 Å². The van der Waals surface area contributed by atoms with Crippen molar-refractivity contribution in [3.8, 4) is 11.5 Å². The maximum absolute atomic E-state index is 14.9. The predicted molar refractivity (Wildman–Crippen MR) is 121 cm³/mol. The molecule has 0 saturated carbocycles. The van der Waals surface area contributed by atoms with Crippen molar-refractivity contribution in [1.82, 2.24) is 0 Å². The fraction of sp³-hybridized carbons (Fsp3) is 0. The first-order chi connectivity index (χ1) is 18.9. The maximum Gasteiger partial charge on any atom is 0.635 e. The van der Waals surface area contributed by atoms with Gasteiger partial charge in [0.05, 0.1) is 10.8 Å². The van der Waals surface area contributed by atoms with Crippen LogP contribution in [0.25, 0.3) is 21.5 Å². The molecule has 0 aliphatic rings. The van der Waals surface area contributed by atoms with Gasteiger partial charge in [-0.3, -0.25) is 0 Å². The molecule has 204 valence electrons. The number of rotatable bonds is 5. The fourth-order valence-corrected chi connectivity index (χ4v) is 4.03. The second-order valence-corrected chi connectivity index (χ2v) is 8.22. The molecular formula is C26H8BF11O2. The Morgan fingerprint density at radius 1 is 0.450 bits per heavy atom. The van der Waals surface area contributed by atoms with E-state index in [-0.39, 0.29) is 6.07 Å². The molecular weight excluding hydrogens is 564 g/mol. The highest BCUT2D eigenvalue weighted by molar-refractivity contribution is 6.63. The van der Waals surface area contributed by atoms with E-state index in [4.69, 9.17) is 9.31 Å². The fourth-order valence-electron chi connectivity index (χ4n) is 4.03. The van der Waals surface area contributed by atoms with Gasteiger partial charge in [0.15, 0.2) is 34.9 Å². The van der Waals surface area contributed by atoms with Crippen molar-refractivity contribution in [1.29, 1.82) is 0 Å². The lowest BCUT2D eigenvalue weighted by molar-refractivity contribution is 0.377. The zero-order chi connectivity index (χ0) is 29.0. The molecule has 0 unspecified atom stereocenters. The number of hydrogen-bond donors (Lipinski definition) is 0. The highest BCUT2D eigenvalue weighted by Gasteiger charge is 2.37. The van der Waals surface area contributed by atoms with Gasteiger partial charge in [-0.15, -0.1) is 0 Å². The van der Waals surface area contributed by atoms with Crippen LogP contribution < -0.4 is 14.8 Å². The largest absolute Gasteiger partial charge is 0.635 e. The van der Waals surface area contributed by atoms with E-state index in [9.17, 15) is 48.3 Å². The monoisotopic (exact) mass is 572 g/mol. The molecule has 5 aromatic rings. The van der Waals surface area contributed by atoms with Crippen molar-refractivity contribution in [2.45, 2.75) is 0 Å². The number of hydrogen-bond acceptors (Lipinski definition) is 2. The van der Waals surface area contributed by atoms with E-state index in [0.29, 0.717) is 30.3 Å². The van der Waals surface area contributed by atoms with Crippen LogP contribution in [0.3, 0.4) is 0 Å². The van der Waals surface area contributed by atoms with Crippen LogP contribution in [0.5, 0.6) is 11.5 Å². The van der Waals surface area contributed by atoms with Gasteiger partial charge in [0, 0.05) is 22.3 Å². The van der Waals surface area contributed by atoms with Gasteiger partial charge in [-0.2, -0.15) is 8.78 Å². The second kappa shape index (κ2) is 9.92. The molecule has 0 bridgehead atoms. The molecule has 0 aromatic heterocycles. The quantitative estimate of drug-likeness (QED) is 0.124. The lowest BCUT2D eigenvalue weighted by atomic mass is 9.77. The van der Waals surface area contributed by atoms with Crippen molar-refractivity contribution in [2.75, 3.05) is 0 Å². The Morgan fingerprint density at radius 3 is 1.62 bits per heavy atom. The SMILES string of the molecule is Fc1ccc(B(Oc2c(F)c(F)c(F)c3c(F)cccc23)Oc2c(F)c(F)c(F)c3c(F)c(F)ccc23)c(F)c1. The van der Waals surface area contributed by atoms with E-state index in [1.807, 2.05) is 0 Å². The van der Waals surface area contributed by atoms with Crippen LogP contribution in [0.4, 0.5) is 48.3 Å². The molecule has 0 amide bonds. The van der Waals surface area contributed by atoms with E-state index in [1.54, 1.807) is 0 Å². The van der Waals surface area contributed by atoms with E-state index in [1.165, 1.54) is 0 Å². The van der Waals surface area contributed by atoms with E-state index < -0.39 is 110 Å². The van der Waals surface area contributed by atoms with Crippen LogP contribution in [0, 0.1) is 64.0 Å². The van der Waals surface area contributed by atoms with Crippen molar-refractivity contribution in [3.63, 3.8) is 0 Å². The maximum atomic E-state index is 14.9. The van der Waals surface area contributed by atoms with E-state index in [2.05, 4.69) is 0 Å². The van der Waals surface area contributed by atoms with Gasteiger partial charge < -0.3 is 9.31 Å². The van der Waals surface area contributed by atoms with Gasteiger partial charge in [-0.1, -0.05) is 18.2 Å². The van der Waals surface area contributed by atoms with Gasteiger partial charge in [-0.25, -0.2) is 39.5 Å². The summed E-state index contributed by atoms with van der Waals surface area (Å²) in [5, 5.41) is -4.26. The third kappa shape index (κ3) is 4.23. The summed E-state index contributed by atoms with van der Waals surface area (Å²) in [6.07, 6.45) is 0. The van der Waals surface area contributed by atoms with Crippen LogP contribution in [0.15, 0.2) is 48.5 Å². The Balaban J connectivity index is 1.77. The average Bonchev–Trinajstić information content (AvgIpc) is 2.91. The Labute approximate surface area is 216 Å². The van der Waals surface area contributed by atoms with Gasteiger partial charge in [0.25, 0.3) is 0 Å². The summed E-state index contributed by atoms with van der Waals surface area (Å²) in [4.78, 5) is 0. The Morgan fingerprint density at radius 2 is 1.02 bits per heavy atom. The lowest BCUT2D eigenvalue weighted by Crippen LogP contribution is -2.45. The summed E-state index contributed by atoms with van der Waals surface area (Å²) >= 11 is 0. The van der Waals surface area contributed by atoms with Crippen LogP contribution in [-0.2, 0) is 0 Å². The highest BCUT2D eigenvalue weighted by atomic mass is 19.2. The molecule has 0 aliphatic heterocycles. The molecule has 0 fully saturated rings. The summed E-state index contributed by atoms with van der Waals surface area (Å²) in [6.45, 7) is 0. The van der Waals surface area contributed by atoms with Gasteiger partial charge in [0.1, 0.15) is 29.0 Å². The number of benzene rings is 5. The smallest absolute Gasteiger partial charge is 0.519 e. The summed E-state index contributed by atoms with van der Waals surface area (Å²) < 4.78 is 168. The summed E-state index contributed by atoms with van der Waals surface area (Å²) in [5.74, 6) is -23.4. The van der Waals surface area contributed by atoms with Crippen LogP contribution in [0.2, 0.25) is 0 Å². The van der Waals surface area contributed by atoms with E-state index in [0.717, 1.165) is 12.1 Å². The molecule has 0 heterocycles. The Bertz CT molecular complexity index is 1850. The van der Waals surface area contributed by atoms with E-state index >= 15 is 0 Å². The van der Waals surface area contributed by atoms with Gasteiger partial charge in [0.2, 0.25) is 11.6 Å². The standard InChI is InChI=1S/C26H8BF11O2/c28-9-4-6-12(15(31)8-9)27(39-25-10-2-1-3-13(29)16(10)19(33)21(35)23(25)37)40-26-11-5-7-14(30)18(32)17(11)20(34)22(36)24(26)38/h1-8H. The molecule has 0 saturated heterocycles. The number of fused-ring (bicyclic) bond motifs is 2. The summed E-state index contributed by atoms with van der Waals surface area (Å²) in [7, 11) is -2.55. The summed E-state index contributed by atoms with van der Waals surface area (Å²) in [5.41, 5.74) is -0.894. The van der Waals surface area contributed by atoms with Crippen molar-refractivity contribution in [2.24, 2.45) is 0 Å². The average molecular weight is 572 g/mol. The first kappa shape index (κ1) is 27.1. The molecule has 0 radical (unpaired) electrons. The molecule has 2 nitrogen and oxygen atoms in total. The third-order valence-electron chi connectivity index (χ3n) is 5.87. The minimum Gasteiger partial charge on any atom is -0.519 e. The molecule has 0 atom stereocenters. The molecule has 5 aromatic carbocycles. The molecule has 40 heavy (non-hydrogen) atoms. The summed E-state index contributed by atoms with van der Waals surface area (Å²) in [6, 6.07) is 4.94. The molecule has 0 aliphatic carbocycles. The van der Waals surface area contributed by atoms with Gasteiger partial charge >= 0.3 is 7.12 Å². The predicted octanol–water partition coefficient (Wildman–Crippen LogP) is 7.38.